The molecule has 0 unspecified atom stereocenters. The Morgan fingerprint density at radius 3 is 2.74 bits per heavy atom. The van der Waals surface area contributed by atoms with E-state index in [1.54, 1.807) is 0 Å². The summed E-state index contributed by atoms with van der Waals surface area (Å²) in [7, 11) is -3.76. The number of sulfonamides is 1. The lowest BCUT2D eigenvalue weighted by Crippen LogP contribution is -2.42. The zero-order valence-electron chi connectivity index (χ0n) is 9.74. The summed E-state index contributed by atoms with van der Waals surface area (Å²) in [5, 5.41) is 18.4. The number of aromatic carboxylic acids is 1. The number of carboxylic acid groups (broad SMARTS) is 1. The van der Waals surface area contributed by atoms with E-state index in [0.29, 0.717) is 19.4 Å². The summed E-state index contributed by atoms with van der Waals surface area (Å²) in [6.07, 6.45) is 0.505. The van der Waals surface area contributed by atoms with Crippen LogP contribution in [0.5, 0.6) is 0 Å². The van der Waals surface area contributed by atoms with Gasteiger partial charge in [-0.1, -0.05) is 0 Å². The SMILES string of the molecule is O=C(O)c1cc(S(=O)(=O)N2CCC[C@H](O)C2)c(Br)s1. The third-order valence-corrected chi connectivity index (χ3v) is 6.95. The highest BCUT2D eigenvalue weighted by atomic mass is 79.9. The number of halogens is 1. The van der Waals surface area contributed by atoms with Crippen LogP contribution in [0.1, 0.15) is 22.5 Å². The van der Waals surface area contributed by atoms with Crippen LogP contribution in [-0.4, -0.2) is 48.1 Å². The maximum absolute atomic E-state index is 12.4. The minimum atomic E-state index is -3.76. The van der Waals surface area contributed by atoms with Gasteiger partial charge in [0.2, 0.25) is 10.0 Å². The van der Waals surface area contributed by atoms with E-state index in [4.69, 9.17) is 5.11 Å². The van der Waals surface area contributed by atoms with Crippen molar-refractivity contribution in [3.8, 4) is 0 Å². The third-order valence-electron chi connectivity index (χ3n) is 2.84. The fourth-order valence-corrected chi connectivity index (χ4v) is 5.78. The first-order valence-corrected chi connectivity index (χ1v) is 8.58. The first kappa shape index (κ1) is 14.9. The summed E-state index contributed by atoms with van der Waals surface area (Å²) in [6.45, 7) is 0.386. The lowest BCUT2D eigenvalue weighted by molar-refractivity contribution is 0.0702. The molecule has 2 rings (SSSR count). The van der Waals surface area contributed by atoms with Gasteiger partial charge >= 0.3 is 5.97 Å². The fourth-order valence-electron chi connectivity index (χ4n) is 1.91. The molecule has 2 N–H and O–H groups in total. The molecule has 0 aromatic carbocycles. The van der Waals surface area contributed by atoms with Crippen LogP contribution in [0.15, 0.2) is 14.7 Å². The normalized spacial score (nSPS) is 21.5. The van der Waals surface area contributed by atoms with Crippen molar-refractivity contribution >= 4 is 43.3 Å². The van der Waals surface area contributed by atoms with Gasteiger partial charge in [-0.2, -0.15) is 4.31 Å². The first-order valence-electron chi connectivity index (χ1n) is 5.53. The van der Waals surface area contributed by atoms with Gasteiger partial charge in [0.25, 0.3) is 0 Å². The Hall–Kier alpha value is -0.480. The van der Waals surface area contributed by atoms with Gasteiger partial charge in [0.05, 0.1) is 9.89 Å². The van der Waals surface area contributed by atoms with Crippen molar-refractivity contribution in [2.75, 3.05) is 13.1 Å². The van der Waals surface area contributed by atoms with Crippen molar-refractivity contribution in [3.63, 3.8) is 0 Å². The number of piperidine rings is 1. The van der Waals surface area contributed by atoms with Gasteiger partial charge in [0.1, 0.15) is 9.77 Å². The number of aliphatic hydroxyl groups excluding tert-OH is 1. The van der Waals surface area contributed by atoms with Crippen molar-refractivity contribution in [3.05, 3.63) is 14.7 Å². The Bertz CT molecular complexity index is 597. The molecular weight excluding hydrogens is 358 g/mol. The molecule has 0 spiro atoms. The molecule has 1 fully saturated rings. The third kappa shape index (κ3) is 3.00. The number of aliphatic hydroxyl groups is 1. The molecule has 9 heteroatoms. The molecule has 0 amide bonds. The van der Waals surface area contributed by atoms with Gasteiger partial charge in [-0.3, -0.25) is 0 Å². The Labute approximate surface area is 122 Å². The molecule has 1 aliphatic rings. The molecule has 1 aromatic rings. The van der Waals surface area contributed by atoms with Crippen molar-refractivity contribution in [1.82, 2.24) is 4.31 Å². The Morgan fingerprint density at radius 1 is 1.53 bits per heavy atom. The average molecular weight is 370 g/mol. The van der Waals surface area contributed by atoms with E-state index in [9.17, 15) is 18.3 Å². The standard InChI is InChI=1S/C10H12BrNO5S2/c11-9-8(4-7(18-9)10(14)15)19(16,17)12-3-1-2-6(13)5-12/h4,6,13H,1-3,5H2,(H,14,15)/t6-/m0/s1. The fraction of sp³-hybridized carbons (Fsp3) is 0.500. The molecule has 2 heterocycles. The Balaban J connectivity index is 2.36. The average Bonchev–Trinajstić information content (AvgIpc) is 2.72. The highest BCUT2D eigenvalue weighted by Gasteiger charge is 2.32. The molecular formula is C10H12BrNO5S2. The van der Waals surface area contributed by atoms with Crippen LogP contribution >= 0.6 is 27.3 Å². The Kier molecular flexibility index (Phi) is 4.31. The molecule has 6 nitrogen and oxygen atoms in total. The zero-order valence-corrected chi connectivity index (χ0v) is 13.0. The number of β-amino-alcohol motifs (C(OH)–C–C–N with tert-alkyl or cyclic N) is 1. The predicted octanol–water partition coefficient (Wildman–Crippen LogP) is 1.35. The van der Waals surface area contributed by atoms with Crippen LogP contribution < -0.4 is 0 Å². The van der Waals surface area contributed by atoms with E-state index < -0.39 is 22.1 Å². The number of nitrogens with zero attached hydrogens (tertiary/aromatic N) is 1. The number of thiophene rings is 1. The molecule has 0 saturated carbocycles. The van der Waals surface area contributed by atoms with E-state index in [0.717, 1.165) is 17.4 Å². The van der Waals surface area contributed by atoms with E-state index >= 15 is 0 Å². The maximum atomic E-state index is 12.4. The number of carbonyl (C=O) groups is 1. The van der Waals surface area contributed by atoms with Gasteiger partial charge in [-0.05, 0) is 34.8 Å². The van der Waals surface area contributed by atoms with E-state index in [1.165, 1.54) is 4.31 Å². The van der Waals surface area contributed by atoms with Gasteiger partial charge < -0.3 is 10.2 Å². The van der Waals surface area contributed by atoms with Crippen LogP contribution in [0.25, 0.3) is 0 Å². The predicted molar refractivity (Wildman–Crippen MR) is 73.0 cm³/mol. The summed E-state index contributed by atoms with van der Waals surface area (Å²) in [5.41, 5.74) is 0. The lowest BCUT2D eigenvalue weighted by atomic mass is 10.1. The summed E-state index contributed by atoms with van der Waals surface area (Å²) in [5.74, 6) is -1.16. The first-order chi connectivity index (χ1) is 8.82. The smallest absolute Gasteiger partial charge is 0.345 e. The van der Waals surface area contributed by atoms with Crippen molar-refractivity contribution < 1.29 is 23.4 Å². The van der Waals surface area contributed by atoms with E-state index in [2.05, 4.69) is 15.9 Å². The molecule has 106 valence electrons. The van der Waals surface area contributed by atoms with E-state index in [-0.39, 0.29) is 20.1 Å². The Morgan fingerprint density at radius 2 is 2.21 bits per heavy atom. The number of hydrogen-bond acceptors (Lipinski definition) is 5. The molecule has 1 atom stereocenters. The molecule has 0 radical (unpaired) electrons. The highest BCUT2D eigenvalue weighted by Crippen LogP contribution is 2.34. The second kappa shape index (κ2) is 5.49. The van der Waals surface area contributed by atoms with Gasteiger partial charge in [0.15, 0.2) is 0 Å². The maximum Gasteiger partial charge on any atom is 0.345 e. The molecule has 1 aliphatic heterocycles. The van der Waals surface area contributed by atoms with Gasteiger partial charge in [-0.15, -0.1) is 11.3 Å². The minimum absolute atomic E-state index is 0.0389. The van der Waals surface area contributed by atoms with Gasteiger partial charge in [0, 0.05) is 13.1 Å². The van der Waals surface area contributed by atoms with Crippen LogP contribution in [0.3, 0.4) is 0 Å². The quantitative estimate of drug-likeness (QED) is 0.838. The lowest BCUT2D eigenvalue weighted by Gasteiger charge is -2.28. The highest BCUT2D eigenvalue weighted by molar-refractivity contribution is 9.11. The van der Waals surface area contributed by atoms with Crippen LogP contribution in [0.2, 0.25) is 0 Å². The number of rotatable bonds is 3. The van der Waals surface area contributed by atoms with Gasteiger partial charge in [-0.25, -0.2) is 13.2 Å². The molecule has 0 bridgehead atoms. The number of hydrogen-bond donors (Lipinski definition) is 2. The topological polar surface area (TPSA) is 94.9 Å². The summed E-state index contributed by atoms with van der Waals surface area (Å²) >= 11 is 3.95. The molecule has 1 saturated heterocycles. The largest absolute Gasteiger partial charge is 0.477 e. The second-order valence-corrected chi connectivity index (χ2v) is 8.49. The zero-order chi connectivity index (χ0) is 14.2. The van der Waals surface area contributed by atoms with E-state index in [1.807, 2.05) is 0 Å². The van der Waals surface area contributed by atoms with Crippen LogP contribution in [0.4, 0.5) is 0 Å². The number of carboxylic acids is 1. The summed E-state index contributed by atoms with van der Waals surface area (Å²) in [6, 6.07) is 1.15. The van der Waals surface area contributed by atoms with Crippen LogP contribution in [-0.2, 0) is 10.0 Å². The van der Waals surface area contributed by atoms with Crippen molar-refractivity contribution in [2.24, 2.45) is 0 Å². The summed E-state index contributed by atoms with van der Waals surface area (Å²) < 4.78 is 26.2. The van der Waals surface area contributed by atoms with Crippen molar-refractivity contribution in [1.29, 1.82) is 0 Å². The summed E-state index contributed by atoms with van der Waals surface area (Å²) in [4.78, 5) is 10.8. The minimum Gasteiger partial charge on any atom is -0.477 e. The molecule has 1 aromatic heterocycles. The second-order valence-electron chi connectivity index (χ2n) is 4.21. The monoisotopic (exact) mass is 369 g/mol. The van der Waals surface area contributed by atoms with Crippen molar-refractivity contribution in [2.45, 2.75) is 23.8 Å². The molecule has 0 aliphatic carbocycles. The molecule has 19 heavy (non-hydrogen) atoms. The van der Waals surface area contributed by atoms with Crippen LogP contribution in [0, 0.1) is 0 Å².